The van der Waals surface area contributed by atoms with Gasteiger partial charge in [0.25, 0.3) is 5.91 Å². The molecule has 1 aromatic heterocycles. The molecule has 1 saturated heterocycles. The maximum atomic E-state index is 13.4. The standard InChI is InChI=1S/C25H28FN3O3/c1-31-22-7-5-18(6-8-22)9-12-27-25(30)24-16-23(28-32-24)20-10-13-29(14-11-20)17-19-3-2-4-21(26)15-19/h2-8,15-16,20H,9-14,17H2,1H3,(H,27,30). The third-order valence-corrected chi connectivity index (χ3v) is 5.91. The van der Waals surface area contributed by atoms with E-state index in [1.54, 1.807) is 25.3 Å². The van der Waals surface area contributed by atoms with E-state index in [9.17, 15) is 9.18 Å². The largest absolute Gasteiger partial charge is 0.497 e. The van der Waals surface area contributed by atoms with Crippen molar-refractivity contribution in [2.24, 2.45) is 0 Å². The molecule has 7 heteroatoms. The van der Waals surface area contributed by atoms with Crippen molar-refractivity contribution in [3.8, 4) is 5.75 Å². The van der Waals surface area contributed by atoms with Crippen LogP contribution in [0.3, 0.4) is 0 Å². The summed E-state index contributed by atoms with van der Waals surface area (Å²) in [5.41, 5.74) is 2.93. The van der Waals surface area contributed by atoms with E-state index in [1.807, 2.05) is 30.3 Å². The second kappa shape index (κ2) is 10.4. The van der Waals surface area contributed by atoms with Crippen molar-refractivity contribution in [2.75, 3.05) is 26.7 Å². The molecule has 168 valence electrons. The molecule has 0 aliphatic carbocycles. The lowest BCUT2D eigenvalue weighted by atomic mass is 9.93. The van der Waals surface area contributed by atoms with Gasteiger partial charge in [-0.15, -0.1) is 0 Å². The third kappa shape index (κ3) is 5.73. The van der Waals surface area contributed by atoms with Gasteiger partial charge in [-0.1, -0.05) is 29.4 Å². The molecule has 2 heterocycles. The minimum absolute atomic E-state index is 0.199. The van der Waals surface area contributed by atoms with Crippen molar-refractivity contribution >= 4 is 5.91 Å². The molecule has 0 spiro atoms. The van der Waals surface area contributed by atoms with Crippen LogP contribution in [0.25, 0.3) is 0 Å². The number of halogens is 1. The zero-order valence-corrected chi connectivity index (χ0v) is 18.2. The van der Waals surface area contributed by atoms with Crippen molar-refractivity contribution in [1.29, 1.82) is 0 Å². The summed E-state index contributed by atoms with van der Waals surface area (Å²) in [5.74, 6) is 0.877. The molecule has 2 aromatic carbocycles. The van der Waals surface area contributed by atoms with Crippen molar-refractivity contribution in [1.82, 2.24) is 15.4 Å². The molecule has 1 fully saturated rings. The summed E-state index contributed by atoms with van der Waals surface area (Å²) in [6, 6.07) is 16.3. The van der Waals surface area contributed by atoms with Crippen molar-refractivity contribution in [2.45, 2.75) is 31.7 Å². The molecule has 0 saturated carbocycles. The highest BCUT2D eigenvalue weighted by Gasteiger charge is 2.24. The van der Waals surface area contributed by atoms with Crippen LogP contribution in [0.1, 0.15) is 46.1 Å². The van der Waals surface area contributed by atoms with Crippen molar-refractivity contribution in [3.05, 3.63) is 83.0 Å². The molecule has 0 radical (unpaired) electrons. The van der Waals surface area contributed by atoms with Crippen molar-refractivity contribution in [3.63, 3.8) is 0 Å². The average Bonchev–Trinajstić information content (AvgIpc) is 3.30. The summed E-state index contributed by atoms with van der Waals surface area (Å²) in [6.45, 7) is 3.06. The number of hydrogen-bond donors (Lipinski definition) is 1. The Balaban J connectivity index is 1.23. The first-order valence-electron chi connectivity index (χ1n) is 11.0. The molecule has 1 amide bonds. The zero-order valence-electron chi connectivity index (χ0n) is 18.2. The second-order valence-corrected chi connectivity index (χ2v) is 8.15. The van der Waals surface area contributed by atoms with Gasteiger partial charge >= 0.3 is 0 Å². The molecule has 3 aromatic rings. The summed E-state index contributed by atoms with van der Waals surface area (Å²) in [7, 11) is 1.64. The summed E-state index contributed by atoms with van der Waals surface area (Å²) in [4.78, 5) is 14.7. The van der Waals surface area contributed by atoms with Crippen LogP contribution >= 0.6 is 0 Å². The highest BCUT2D eigenvalue weighted by Crippen LogP contribution is 2.28. The lowest BCUT2D eigenvalue weighted by Crippen LogP contribution is -2.32. The van der Waals surface area contributed by atoms with Gasteiger partial charge in [0.1, 0.15) is 11.6 Å². The number of aromatic nitrogens is 1. The molecule has 0 bridgehead atoms. The van der Waals surface area contributed by atoms with Gasteiger partial charge in [0.05, 0.1) is 12.8 Å². The number of ether oxygens (including phenoxy) is 1. The topological polar surface area (TPSA) is 67.6 Å². The van der Waals surface area contributed by atoms with Gasteiger partial charge in [-0.25, -0.2) is 4.39 Å². The highest BCUT2D eigenvalue weighted by molar-refractivity contribution is 5.91. The van der Waals surface area contributed by atoms with Crippen LogP contribution in [0.15, 0.2) is 59.1 Å². The van der Waals surface area contributed by atoms with Gasteiger partial charge in [0.2, 0.25) is 5.76 Å². The number of amides is 1. The van der Waals surface area contributed by atoms with Crippen LogP contribution in [0.2, 0.25) is 0 Å². The Bertz CT molecular complexity index is 1030. The lowest BCUT2D eigenvalue weighted by molar-refractivity contribution is 0.0917. The van der Waals surface area contributed by atoms with Crippen LogP contribution in [0.5, 0.6) is 5.75 Å². The van der Waals surface area contributed by atoms with E-state index < -0.39 is 0 Å². The molecule has 1 aliphatic rings. The SMILES string of the molecule is COc1ccc(CCNC(=O)c2cc(C3CCN(Cc4cccc(F)c4)CC3)no2)cc1. The minimum atomic E-state index is -0.249. The highest BCUT2D eigenvalue weighted by atomic mass is 19.1. The fraction of sp³-hybridized carbons (Fsp3) is 0.360. The summed E-state index contributed by atoms with van der Waals surface area (Å²) in [5, 5.41) is 7.04. The van der Waals surface area contributed by atoms with Crippen LogP contribution < -0.4 is 10.1 Å². The van der Waals surface area contributed by atoms with Crippen LogP contribution in [0.4, 0.5) is 4.39 Å². The van der Waals surface area contributed by atoms with Crippen LogP contribution in [0, 0.1) is 5.82 Å². The third-order valence-electron chi connectivity index (χ3n) is 5.91. The number of carbonyl (C=O) groups excluding carboxylic acids is 1. The van der Waals surface area contributed by atoms with Gasteiger partial charge < -0.3 is 14.6 Å². The zero-order chi connectivity index (χ0) is 22.3. The number of rotatable bonds is 8. The molecule has 1 aliphatic heterocycles. The van der Waals surface area contributed by atoms with Gasteiger partial charge in [0, 0.05) is 25.1 Å². The van der Waals surface area contributed by atoms with Crippen LogP contribution in [-0.2, 0) is 13.0 Å². The summed E-state index contributed by atoms with van der Waals surface area (Å²) in [6.07, 6.45) is 2.58. The average molecular weight is 438 g/mol. The lowest BCUT2D eigenvalue weighted by Gasteiger charge is -2.31. The first-order valence-corrected chi connectivity index (χ1v) is 11.0. The fourth-order valence-electron chi connectivity index (χ4n) is 4.07. The van der Waals surface area contributed by atoms with E-state index in [0.29, 0.717) is 6.54 Å². The summed E-state index contributed by atoms with van der Waals surface area (Å²) >= 11 is 0. The second-order valence-electron chi connectivity index (χ2n) is 8.15. The Kier molecular flexibility index (Phi) is 7.17. The Morgan fingerprint density at radius 2 is 1.94 bits per heavy atom. The van der Waals surface area contributed by atoms with E-state index >= 15 is 0 Å². The molecule has 4 rings (SSSR count). The van der Waals surface area contributed by atoms with Gasteiger partial charge in [-0.3, -0.25) is 9.69 Å². The number of carbonyl (C=O) groups is 1. The van der Waals surface area contributed by atoms with Gasteiger partial charge in [-0.05, 0) is 67.7 Å². The molecular weight excluding hydrogens is 409 g/mol. The Hall–Kier alpha value is -3.19. The quantitative estimate of drug-likeness (QED) is 0.573. The van der Waals surface area contributed by atoms with E-state index in [4.69, 9.17) is 9.26 Å². The number of likely N-dealkylation sites (tertiary alicyclic amines) is 1. The smallest absolute Gasteiger partial charge is 0.289 e. The summed E-state index contributed by atoms with van der Waals surface area (Å²) < 4.78 is 23.9. The van der Waals surface area contributed by atoms with Crippen LogP contribution in [-0.4, -0.2) is 42.7 Å². The number of piperidine rings is 1. The van der Waals surface area contributed by atoms with E-state index in [0.717, 1.165) is 61.5 Å². The number of nitrogens with one attached hydrogen (secondary N) is 1. The normalized spacial score (nSPS) is 14.9. The number of hydrogen-bond acceptors (Lipinski definition) is 5. The Morgan fingerprint density at radius 3 is 2.66 bits per heavy atom. The predicted octanol–water partition coefficient (Wildman–Crippen LogP) is 4.17. The Labute approximate surface area is 187 Å². The first-order chi connectivity index (χ1) is 15.6. The van der Waals surface area contributed by atoms with E-state index in [2.05, 4.69) is 15.4 Å². The molecule has 0 unspecified atom stereocenters. The number of benzene rings is 2. The van der Waals surface area contributed by atoms with Crippen molar-refractivity contribution < 1.29 is 18.4 Å². The Morgan fingerprint density at radius 1 is 1.16 bits per heavy atom. The van der Waals surface area contributed by atoms with E-state index in [1.165, 1.54) is 6.07 Å². The maximum Gasteiger partial charge on any atom is 0.289 e. The number of nitrogens with zero attached hydrogens (tertiary/aromatic N) is 2. The van der Waals surface area contributed by atoms with Gasteiger partial charge in [-0.2, -0.15) is 0 Å². The molecular formula is C25H28FN3O3. The molecule has 0 atom stereocenters. The minimum Gasteiger partial charge on any atom is -0.497 e. The predicted molar refractivity (Wildman–Crippen MR) is 119 cm³/mol. The molecule has 1 N–H and O–H groups in total. The maximum absolute atomic E-state index is 13.4. The molecule has 6 nitrogen and oxygen atoms in total. The van der Waals surface area contributed by atoms with Gasteiger partial charge in [0.15, 0.2) is 0 Å². The monoisotopic (exact) mass is 437 g/mol. The number of methoxy groups -OCH3 is 1. The fourth-order valence-corrected chi connectivity index (χ4v) is 4.07. The molecule has 32 heavy (non-hydrogen) atoms. The van der Waals surface area contributed by atoms with E-state index in [-0.39, 0.29) is 23.4 Å². The first kappa shape index (κ1) is 22.0.